The molecule has 0 bridgehead atoms. The average Bonchev–Trinajstić information content (AvgIpc) is 2.92. The van der Waals surface area contributed by atoms with Crippen molar-refractivity contribution in [1.82, 2.24) is 15.2 Å². The minimum absolute atomic E-state index is 0.0828. The van der Waals surface area contributed by atoms with Crippen molar-refractivity contribution < 1.29 is 27.8 Å². The number of hydrogen-bond donors (Lipinski definition) is 3. The van der Waals surface area contributed by atoms with Gasteiger partial charge in [0.2, 0.25) is 0 Å². The number of aromatic nitrogens is 1. The van der Waals surface area contributed by atoms with Gasteiger partial charge in [-0.2, -0.15) is 13.2 Å². The van der Waals surface area contributed by atoms with E-state index in [1.807, 2.05) is 18.7 Å². The van der Waals surface area contributed by atoms with Crippen LogP contribution in [-0.4, -0.2) is 78.8 Å². The Morgan fingerprint density at radius 3 is 2.80 bits per heavy atom. The van der Waals surface area contributed by atoms with Crippen molar-refractivity contribution in [3.63, 3.8) is 0 Å². The Hall–Kier alpha value is -2.92. The zero-order valence-electron chi connectivity index (χ0n) is 23.9. The zero-order chi connectivity index (χ0) is 29.4. The minimum atomic E-state index is -4.38. The molecule has 0 aliphatic carbocycles. The fourth-order valence-electron chi connectivity index (χ4n) is 4.33. The number of aryl methyl sites for hydroxylation is 2. The smallest absolute Gasteiger partial charge is 0.411 e. The SMILES string of the molecule is CC=N/C=C\C(N[C@@H](CCN(CCCCc1ccc2c(n1)NCCC2)CCOCC(F)(F)F)C(=O)O)=C(/C)CC. The molecular weight excluding hydrogens is 523 g/mol. The molecule has 0 amide bonds. The van der Waals surface area contributed by atoms with E-state index >= 15 is 0 Å². The predicted octanol–water partition coefficient (Wildman–Crippen LogP) is 5.36. The third-order valence-corrected chi connectivity index (χ3v) is 6.75. The molecule has 0 saturated carbocycles. The highest BCUT2D eigenvalue weighted by Crippen LogP contribution is 2.20. The van der Waals surface area contributed by atoms with Gasteiger partial charge in [0.25, 0.3) is 0 Å². The summed E-state index contributed by atoms with van der Waals surface area (Å²) in [6.45, 7) is 6.56. The minimum Gasteiger partial charge on any atom is -0.480 e. The van der Waals surface area contributed by atoms with Crippen LogP contribution in [0.25, 0.3) is 0 Å². The maximum Gasteiger partial charge on any atom is 0.411 e. The van der Waals surface area contributed by atoms with Crippen LogP contribution in [0.3, 0.4) is 0 Å². The van der Waals surface area contributed by atoms with Crippen LogP contribution >= 0.6 is 0 Å². The molecule has 0 spiro atoms. The first-order chi connectivity index (χ1) is 19.1. The first-order valence-corrected chi connectivity index (χ1v) is 14.1. The van der Waals surface area contributed by atoms with Gasteiger partial charge in [-0.25, -0.2) is 9.78 Å². The summed E-state index contributed by atoms with van der Waals surface area (Å²) in [5.41, 5.74) is 3.95. The van der Waals surface area contributed by atoms with Crippen LogP contribution in [0.4, 0.5) is 19.0 Å². The molecule has 224 valence electrons. The number of nitrogens with zero attached hydrogens (tertiary/aromatic N) is 3. The molecule has 1 aromatic heterocycles. The van der Waals surface area contributed by atoms with Crippen LogP contribution in [-0.2, 0) is 22.4 Å². The van der Waals surface area contributed by atoms with Crippen LogP contribution in [0.2, 0.25) is 0 Å². The monoisotopic (exact) mass is 567 g/mol. The number of rotatable bonds is 18. The first kappa shape index (κ1) is 33.3. The van der Waals surface area contributed by atoms with Crippen molar-refractivity contribution in [2.24, 2.45) is 4.99 Å². The summed E-state index contributed by atoms with van der Waals surface area (Å²) in [6.07, 6.45) is 6.23. The molecule has 1 aliphatic heterocycles. The zero-order valence-corrected chi connectivity index (χ0v) is 23.9. The second-order valence-electron chi connectivity index (χ2n) is 9.90. The molecule has 40 heavy (non-hydrogen) atoms. The first-order valence-electron chi connectivity index (χ1n) is 14.1. The lowest BCUT2D eigenvalue weighted by Crippen LogP contribution is -2.40. The standard InChI is InChI=1S/C29H44F3N5O3/c1-4-22(3)25(13-16-33-5-2)36-26(28(38)39)14-18-37(19-20-40-21-29(30,31)32)17-7-6-10-24-12-11-23-9-8-15-34-27(23)35-24/h5,11-13,16,26,36H,4,6-10,14-15,17-21H2,1-3H3,(H,34,35)(H,38,39)/b16-13-,25-22-,33-5?/t26-/m0/s1. The Kier molecular flexibility index (Phi) is 14.7. The molecule has 0 fully saturated rings. The number of unbranched alkanes of at least 4 members (excludes halogenated alkanes) is 1. The highest BCUT2D eigenvalue weighted by atomic mass is 19.4. The van der Waals surface area contributed by atoms with Gasteiger partial charge in [0.15, 0.2) is 0 Å². The Balaban J connectivity index is 1.96. The summed E-state index contributed by atoms with van der Waals surface area (Å²) < 4.78 is 42.4. The molecule has 3 N–H and O–H groups in total. The molecule has 1 atom stereocenters. The van der Waals surface area contributed by atoms with E-state index in [0.717, 1.165) is 62.2 Å². The summed E-state index contributed by atoms with van der Waals surface area (Å²) in [5, 5.41) is 16.3. The molecular formula is C29H44F3N5O3. The molecule has 0 aromatic carbocycles. The van der Waals surface area contributed by atoms with E-state index < -0.39 is 24.8 Å². The fourth-order valence-corrected chi connectivity index (χ4v) is 4.33. The number of anilines is 1. The number of ether oxygens (including phenoxy) is 1. The van der Waals surface area contributed by atoms with E-state index in [0.29, 0.717) is 18.8 Å². The lowest BCUT2D eigenvalue weighted by molar-refractivity contribution is -0.174. The maximum absolute atomic E-state index is 12.5. The largest absolute Gasteiger partial charge is 0.480 e. The second-order valence-corrected chi connectivity index (χ2v) is 9.90. The Bertz CT molecular complexity index is 1010. The number of pyridine rings is 1. The quantitative estimate of drug-likeness (QED) is 0.125. The van der Waals surface area contributed by atoms with Crippen LogP contribution in [0.5, 0.6) is 0 Å². The number of carboxylic acid groups (broad SMARTS) is 1. The topological polar surface area (TPSA) is 99.1 Å². The summed E-state index contributed by atoms with van der Waals surface area (Å²) in [7, 11) is 0. The van der Waals surface area contributed by atoms with Crippen molar-refractivity contribution in [2.45, 2.75) is 77.9 Å². The Morgan fingerprint density at radius 2 is 2.10 bits per heavy atom. The molecule has 8 nitrogen and oxygen atoms in total. The van der Waals surface area contributed by atoms with Gasteiger partial charge in [-0.1, -0.05) is 18.6 Å². The average molecular weight is 568 g/mol. The van der Waals surface area contributed by atoms with E-state index in [1.54, 1.807) is 25.4 Å². The molecule has 0 radical (unpaired) electrons. The van der Waals surface area contributed by atoms with Gasteiger partial charge in [-0.05, 0) is 83.0 Å². The van der Waals surface area contributed by atoms with Crippen LogP contribution < -0.4 is 10.6 Å². The van der Waals surface area contributed by atoms with E-state index in [2.05, 4.69) is 27.8 Å². The van der Waals surface area contributed by atoms with Crippen molar-refractivity contribution in [1.29, 1.82) is 0 Å². The van der Waals surface area contributed by atoms with E-state index in [-0.39, 0.29) is 19.6 Å². The lowest BCUT2D eigenvalue weighted by Gasteiger charge is -2.25. The number of alkyl halides is 3. The highest BCUT2D eigenvalue weighted by Gasteiger charge is 2.27. The lowest BCUT2D eigenvalue weighted by atomic mass is 10.1. The summed E-state index contributed by atoms with van der Waals surface area (Å²) in [6, 6.07) is 3.32. The summed E-state index contributed by atoms with van der Waals surface area (Å²) >= 11 is 0. The van der Waals surface area contributed by atoms with Gasteiger partial charge in [-0.3, -0.25) is 4.99 Å². The molecule has 1 aliphatic rings. The molecule has 0 saturated heterocycles. The van der Waals surface area contributed by atoms with Gasteiger partial charge >= 0.3 is 12.1 Å². The summed E-state index contributed by atoms with van der Waals surface area (Å²) in [4.78, 5) is 22.8. The third kappa shape index (κ3) is 13.0. The summed E-state index contributed by atoms with van der Waals surface area (Å²) in [5.74, 6) is -0.0309. The number of fused-ring (bicyclic) bond motifs is 1. The van der Waals surface area contributed by atoms with Crippen molar-refractivity contribution in [2.75, 3.05) is 44.7 Å². The molecule has 0 unspecified atom stereocenters. The van der Waals surface area contributed by atoms with Crippen molar-refractivity contribution >= 4 is 18.0 Å². The molecule has 2 rings (SSSR count). The van der Waals surface area contributed by atoms with Gasteiger partial charge in [0, 0.05) is 43.4 Å². The Labute approximate surface area is 235 Å². The number of nitrogens with one attached hydrogen (secondary N) is 2. The number of hydrogen-bond acceptors (Lipinski definition) is 7. The Morgan fingerprint density at radius 1 is 1.30 bits per heavy atom. The van der Waals surface area contributed by atoms with Crippen LogP contribution in [0, 0.1) is 0 Å². The second kappa shape index (κ2) is 17.7. The van der Waals surface area contributed by atoms with E-state index in [4.69, 9.17) is 9.72 Å². The number of aliphatic imine (C=N–C) groups is 1. The maximum atomic E-state index is 12.5. The predicted molar refractivity (Wildman–Crippen MR) is 153 cm³/mol. The van der Waals surface area contributed by atoms with Gasteiger partial charge in [-0.15, -0.1) is 0 Å². The van der Waals surface area contributed by atoms with Crippen molar-refractivity contribution in [3.05, 3.63) is 46.9 Å². The van der Waals surface area contributed by atoms with Gasteiger partial charge in [0.1, 0.15) is 18.5 Å². The number of aliphatic carboxylic acids is 1. The number of carbonyl (C=O) groups is 1. The van der Waals surface area contributed by atoms with Gasteiger partial charge < -0.3 is 25.4 Å². The molecule has 1 aromatic rings. The van der Waals surface area contributed by atoms with E-state index in [1.165, 1.54) is 5.56 Å². The third-order valence-electron chi connectivity index (χ3n) is 6.75. The number of allylic oxidation sites excluding steroid dienone is 2. The van der Waals surface area contributed by atoms with Crippen molar-refractivity contribution in [3.8, 4) is 0 Å². The van der Waals surface area contributed by atoms with Gasteiger partial charge in [0.05, 0.1) is 6.61 Å². The number of carboxylic acids is 1. The fraction of sp³-hybridized carbons (Fsp3) is 0.621. The van der Waals surface area contributed by atoms with Crippen LogP contribution in [0.1, 0.15) is 64.1 Å². The normalized spacial score (nSPS) is 15.3. The number of halogens is 3. The van der Waals surface area contributed by atoms with E-state index in [9.17, 15) is 23.1 Å². The molecule has 11 heteroatoms. The molecule has 2 heterocycles. The van der Waals surface area contributed by atoms with Crippen LogP contribution in [0.15, 0.2) is 40.7 Å². The highest BCUT2D eigenvalue weighted by molar-refractivity contribution is 5.74.